The van der Waals surface area contributed by atoms with Gasteiger partial charge >= 0.3 is 0 Å². The summed E-state index contributed by atoms with van der Waals surface area (Å²) in [5, 5.41) is 3.20. The number of hydrogen-bond acceptors (Lipinski definition) is 2. The van der Waals surface area contributed by atoms with Gasteiger partial charge in [0, 0.05) is 17.0 Å². The number of carbonyl (C=O) groups excluding carboxylic acids is 2. The Balaban J connectivity index is 2.32. The molecule has 1 rings (SSSR count). The zero-order chi connectivity index (χ0) is 13.4. The Morgan fingerprint density at radius 3 is 2.44 bits per heavy atom. The standard InChI is InChI=1S/C14H18ClNO2/c1-2-3-4-5-13(17)10-16-14(18)11-6-8-12(15)9-7-11/h6-9H,2-5,10H2,1H3,(H,16,18). The smallest absolute Gasteiger partial charge is 0.251 e. The second-order valence-electron chi connectivity index (χ2n) is 4.19. The molecule has 0 aliphatic heterocycles. The molecule has 0 aliphatic carbocycles. The van der Waals surface area contributed by atoms with Gasteiger partial charge in [-0.15, -0.1) is 0 Å². The first-order chi connectivity index (χ1) is 8.63. The van der Waals surface area contributed by atoms with Gasteiger partial charge in [-0.1, -0.05) is 31.4 Å². The third-order valence-electron chi connectivity index (χ3n) is 2.61. The largest absolute Gasteiger partial charge is 0.345 e. The van der Waals surface area contributed by atoms with Crippen LogP contribution in [0.5, 0.6) is 0 Å². The number of unbranched alkanes of at least 4 members (excludes halogenated alkanes) is 2. The summed E-state index contributed by atoms with van der Waals surface area (Å²) in [6, 6.07) is 6.58. The number of hydrogen-bond donors (Lipinski definition) is 1. The maximum atomic E-state index is 11.7. The van der Waals surface area contributed by atoms with Crippen LogP contribution in [0.3, 0.4) is 0 Å². The van der Waals surface area contributed by atoms with E-state index in [4.69, 9.17) is 11.6 Å². The molecule has 4 heteroatoms. The van der Waals surface area contributed by atoms with Gasteiger partial charge in [0.25, 0.3) is 5.91 Å². The lowest BCUT2D eigenvalue weighted by molar-refractivity contribution is -0.118. The Morgan fingerprint density at radius 1 is 1.17 bits per heavy atom. The molecule has 0 aliphatic rings. The number of rotatable bonds is 7. The second-order valence-corrected chi connectivity index (χ2v) is 4.62. The highest BCUT2D eigenvalue weighted by Gasteiger charge is 2.07. The van der Waals surface area contributed by atoms with Gasteiger partial charge in [0.1, 0.15) is 0 Å². The minimum Gasteiger partial charge on any atom is -0.345 e. The van der Waals surface area contributed by atoms with Crippen LogP contribution < -0.4 is 5.32 Å². The Kier molecular flexibility index (Phi) is 6.44. The van der Waals surface area contributed by atoms with Gasteiger partial charge in [0.2, 0.25) is 0 Å². The van der Waals surface area contributed by atoms with Crippen molar-refractivity contribution in [3.8, 4) is 0 Å². The Labute approximate surface area is 113 Å². The van der Waals surface area contributed by atoms with Gasteiger partial charge in [0.15, 0.2) is 5.78 Å². The average molecular weight is 268 g/mol. The first-order valence-electron chi connectivity index (χ1n) is 6.19. The molecule has 0 bridgehead atoms. The summed E-state index contributed by atoms with van der Waals surface area (Å²) in [6.07, 6.45) is 3.57. The van der Waals surface area contributed by atoms with Gasteiger partial charge in [-0.05, 0) is 30.7 Å². The first-order valence-corrected chi connectivity index (χ1v) is 6.56. The molecule has 0 radical (unpaired) electrons. The van der Waals surface area contributed by atoms with Crippen LogP contribution in [0.15, 0.2) is 24.3 Å². The molecule has 0 spiro atoms. The van der Waals surface area contributed by atoms with Crippen LogP contribution >= 0.6 is 11.6 Å². The fraction of sp³-hybridized carbons (Fsp3) is 0.429. The van der Waals surface area contributed by atoms with E-state index in [-0.39, 0.29) is 18.2 Å². The molecule has 0 fully saturated rings. The minimum absolute atomic E-state index is 0.0748. The monoisotopic (exact) mass is 267 g/mol. The third-order valence-corrected chi connectivity index (χ3v) is 2.86. The van der Waals surface area contributed by atoms with E-state index in [1.807, 2.05) is 0 Å². The van der Waals surface area contributed by atoms with Gasteiger partial charge in [0.05, 0.1) is 6.54 Å². The Morgan fingerprint density at radius 2 is 1.83 bits per heavy atom. The van der Waals surface area contributed by atoms with Crippen LogP contribution in [-0.4, -0.2) is 18.2 Å². The number of amides is 1. The average Bonchev–Trinajstić information content (AvgIpc) is 2.37. The maximum Gasteiger partial charge on any atom is 0.251 e. The number of nitrogens with one attached hydrogen (secondary N) is 1. The molecule has 0 heterocycles. The third kappa shape index (κ3) is 5.32. The lowest BCUT2D eigenvalue weighted by Gasteiger charge is -2.04. The summed E-state index contributed by atoms with van der Waals surface area (Å²) in [6.45, 7) is 2.19. The van der Waals surface area contributed by atoms with Crippen LogP contribution in [0.1, 0.15) is 43.0 Å². The number of Topliss-reactive ketones (excluding diaryl/α,β-unsaturated/α-hetero) is 1. The van der Waals surface area contributed by atoms with Gasteiger partial charge in [-0.25, -0.2) is 0 Å². The molecule has 98 valence electrons. The van der Waals surface area contributed by atoms with Crippen molar-refractivity contribution < 1.29 is 9.59 Å². The summed E-state index contributed by atoms with van der Waals surface area (Å²) >= 11 is 5.73. The first kappa shape index (κ1) is 14.7. The Hall–Kier alpha value is -1.35. The summed E-state index contributed by atoms with van der Waals surface area (Å²) in [5.41, 5.74) is 0.515. The van der Waals surface area contributed by atoms with Crippen molar-refractivity contribution in [1.82, 2.24) is 5.32 Å². The molecule has 0 aromatic heterocycles. The van der Waals surface area contributed by atoms with Crippen molar-refractivity contribution >= 4 is 23.3 Å². The zero-order valence-electron chi connectivity index (χ0n) is 10.5. The van der Waals surface area contributed by atoms with Crippen molar-refractivity contribution in [3.05, 3.63) is 34.9 Å². The summed E-state index contributed by atoms with van der Waals surface area (Å²) in [5.74, 6) is -0.165. The number of ketones is 1. The van der Waals surface area contributed by atoms with Crippen molar-refractivity contribution in [2.45, 2.75) is 32.6 Å². The topological polar surface area (TPSA) is 46.2 Å². The molecule has 0 unspecified atom stereocenters. The SMILES string of the molecule is CCCCCC(=O)CNC(=O)c1ccc(Cl)cc1. The second kappa shape index (κ2) is 7.88. The predicted molar refractivity (Wildman–Crippen MR) is 72.9 cm³/mol. The van der Waals surface area contributed by atoms with Crippen LogP contribution in [0.25, 0.3) is 0 Å². The zero-order valence-corrected chi connectivity index (χ0v) is 11.3. The maximum absolute atomic E-state index is 11.7. The summed E-state index contributed by atoms with van der Waals surface area (Å²) in [4.78, 5) is 23.2. The van der Waals surface area contributed by atoms with E-state index in [2.05, 4.69) is 12.2 Å². The van der Waals surface area contributed by atoms with Crippen LogP contribution in [0.2, 0.25) is 5.02 Å². The van der Waals surface area contributed by atoms with E-state index in [0.717, 1.165) is 19.3 Å². The van der Waals surface area contributed by atoms with E-state index in [9.17, 15) is 9.59 Å². The molecule has 3 nitrogen and oxygen atoms in total. The van der Waals surface area contributed by atoms with Crippen molar-refractivity contribution in [2.75, 3.05) is 6.54 Å². The number of benzene rings is 1. The van der Waals surface area contributed by atoms with Crippen molar-refractivity contribution in [2.24, 2.45) is 0 Å². The van der Waals surface area contributed by atoms with Crippen LogP contribution in [-0.2, 0) is 4.79 Å². The van der Waals surface area contributed by atoms with Gasteiger partial charge in [-0.3, -0.25) is 9.59 Å². The molecule has 1 N–H and O–H groups in total. The minimum atomic E-state index is -0.240. The summed E-state index contributed by atoms with van der Waals surface area (Å²) < 4.78 is 0. The molecule has 18 heavy (non-hydrogen) atoms. The molecular formula is C14H18ClNO2. The highest BCUT2D eigenvalue weighted by atomic mass is 35.5. The van der Waals surface area contributed by atoms with Crippen molar-refractivity contribution in [1.29, 1.82) is 0 Å². The van der Waals surface area contributed by atoms with E-state index in [1.165, 1.54) is 0 Å². The predicted octanol–water partition coefficient (Wildman–Crippen LogP) is 3.22. The van der Waals surface area contributed by atoms with E-state index in [1.54, 1.807) is 24.3 Å². The van der Waals surface area contributed by atoms with Gasteiger partial charge < -0.3 is 5.32 Å². The van der Waals surface area contributed by atoms with E-state index in [0.29, 0.717) is 17.0 Å². The molecule has 1 aromatic rings. The normalized spacial score (nSPS) is 10.1. The van der Waals surface area contributed by atoms with Crippen molar-refractivity contribution in [3.63, 3.8) is 0 Å². The number of halogens is 1. The lowest BCUT2D eigenvalue weighted by atomic mass is 10.1. The highest BCUT2D eigenvalue weighted by Crippen LogP contribution is 2.09. The molecule has 1 amide bonds. The fourth-order valence-corrected chi connectivity index (χ4v) is 1.67. The quantitative estimate of drug-likeness (QED) is 0.771. The summed E-state index contributed by atoms with van der Waals surface area (Å²) in [7, 11) is 0. The van der Waals surface area contributed by atoms with Gasteiger partial charge in [-0.2, -0.15) is 0 Å². The van der Waals surface area contributed by atoms with Crippen LogP contribution in [0, 0.1) is 0 Å². The molecular weight excluding hydrogens is 250 g/mol. The number of carbonyl (C=O) groups is 2. The lowest BCUT2D eigenvalue weighted by Crippen LogP contribution is -2.29. The molecule has 0 saturated carbocycles. The fourth-order valence-electron chi connectivity index (χ4n) is 1.54. The van der Waals surface area contributed by atoms with E-state index >= 15 is 0 Å². The molecule has 0 saturated heterocycles. The van der Waals surface area contributed by atoms with Crippen LogP contribution in [0.4, 0.5) is 0 Å². The Bertz CT molecular complexity index is 401. The van der Waals surface area contributed by atoms with E-state index < -0.39 is 0 Å². The highest BCUT2D eigenvalue weighted by molar-refractivity contribution is 6.30. The molecule has 0 atom stereocenters. The molecule has 1 aromatic carbocycles.